The van der Waals surface area contributed by atoms with Gasteiger partial charge in [0.2, 0.25) is 11.8 Å². The number of para-hydroxylation sites is 2. The first-order valence-corrected chi connectivity index (χ1v) is 13.8. The fraction of sp³-hybridized carbons (Fsp3) is 0.310. The molecule has 2 heterocycles. The molecule has 5 rings (SSSR count). The molecule has 11 heteroatoms. The number of benzene rings is 2. The van der Waals surface area contributed by atoms with E-state index in [9.17, 15) is 14.4 Å². The van der Waals surface area contributed by atoms with Crippen LogP contribution in [0.5, 0.6) is 11.6 Å². The molecule has 208 valence electrons. The maximum Gasteiger partial charge on any atom is 0.305 e. The first kappa shape index (κ1) is 27.7. The van der Waals surface area contributed by atoms with Crippen LogP contribution in [0.15, 0.2) is 54.7 Å². The highest BCUT2D eigenvalue weighted by molar-refractivity contribution is 6.34. The number of fused-ring (bicyclic) bond motifs is 1. The highest BCUT2D eigenvalue weighted by Crippen LogP contribution is 2.41. The lowest BCUT2D eigenvalue weighted by Gasteiger charge is -2.38. The number of carboxylic acid groups (broad SMARTS) is 1. The molecular weight excluding hydrogens is 555 g/mol. The van der Waals surface area contributed by atoms with Crippen LogP contribution in [0.2, 0.25) is 10.0 Å². The molecule has 0 spiro atoms. The van der Waals surface area contributed by atoms with Crippen molar-refractivity contribution in [3.63, 3.8) is 0 Å². The van der Waals surface area contributed by atoms with Crippen molar-refractivity contribution in [2.45, 2.75) is 38.1 Å². The van der Waals surface area contributed by atoms with Crippen molar-refractivity contribution in [3.8, 4) is 11.6 Å². The molecule has 0 atom stereocenters. The van der Waals surface area contributed by atoms with Crippen LogP contribution < -0.4 is 19.9 Å². The molecule has 1 aliphatic heterocycles. The second kappa shape index (κ2) is 12.1. The number of rotatable bonds is 10. The molecule has 1 aromatic heterocycles. The molecule has 2 N–H and O–H groups in total. The Morgan fingerprint density at radius 2 is 1.77 bits per heavy atom. The van der Waals surface area contributed by atoms with Gasteiger partial charge in [0.25, 0.3) is 5.91 Å². The molecule has 1 aliphatic carbocycles. The SMILES string of the molecule is O=C(O)CCNC(=O)CCc1cc(Cl)c(Oc2ncccc2C(=O)N2CCN(C3CC3)c3ccccc32)cc1Cl. The molecule has 1 saturated carbocycles. The number of nitrogens with one attached hydrogen (secondary N) is 1. The van der Waals surface area contributed by atoms with E-state index in [1.54, 1.807) is 23.1 Å². The van der Waals surface area contributed by atoms with Crippen LogP contribution in [0.1, 0.15) is 41.6 Å². The maximum atomic E-state index is 13.8. The second-order valence-corrected chi connectivity index (χ2v) is 10.5. The van der Waals surface area contributed by atoms with Crippen LogP contribution >= 0.6 is 23.2 Å². The van der Waals surface area contributed by atoms with Gasteiger partial charge in [0.05, 0.1) is 22.8 Å². The number of aromatic nitrogens is 1. The highest BCUT2D eigenvalue weighted by atomic mass is 35.5. The summed E-state index contributed by atoms with van der Waals surface area (Å²) in [7, 11) is 0. The first-order valence-electron chi connectivity index (χ1n) is 13.1. The average molecular weight is 583 g/mol. The molecule has 2 aromatic carbocycles. The highest BCUT2D eigenvalue weighted by Gasteiger charge is 2.36. The zero-order chi connectivity index (χ0) is 28.2. The van der Waals surface area contributed by atoms with Gasteiger partial charge in [-0.2, -0.15) is 0 Å². The van der Waals surface area contributed by atoms with Crippen LogP contribution in [0.4, 0.5) is 11.4 Å². The van der Waals surface area contributed by atoms with E-state index in [4.69, 9.17) is 33.0 Å². The number of anilines is 2. The number of ether oxygens (including phenoxy) is 1. The van der Waals surface area contributed by atoms with Gasteiger partial charge in [0.1, 0.15) is 11.3 Å². The Labute approximate surface area is 241 Å². The van der Waals surface area contributed by atoms with E-state index >= 15 is 0 Å². The van der Waals surface area contributed by atoms with Crippen molar-refractivity contribution in [3.05, 3.63) is 75.9 Å². The van der Waals surface area contributed by atoms with Gasteiger partial charge in [-0.1, -0.05) is 35.3 Å². The molecule has 0 radical (unpaired) electrons. The Bertz CT molecular complexity index is 1450. The van der Waals surface area contributed by atoms with Crippen LogP contribution in [-0.4, -0.2) is 53.6 Å². The normalized spacial score (nSPS) is 14.4. The van der Waals surface area contributed by atoms with E-state index in [1.165, 1.54) is 25.1 Å². The van der Waals surface area contributed by atoms with Gasteiger partial charge in [-0.15, -0.1) is 0 Å². The summed E-state index contributed by atoms with van der Waals surface area (Å²) in [6, 6.07) is 15.0. The van der Waals surface area contributed by atoms with Crippen LogP contribution in [0, 0.1) is 0 Å². The van der Waals surface area contributed by atoms with Gasteiger partial charge >= 0.3 is 5.97 Å². The quantitative estimate of drug-likeness (QED) is 0.332. The van der Waals surface area contributed by atoms with E-state index < -0.39 is 5.97 Å². The third-order valence-electron chi connectivity index (χ3n) is 6.87. The lowest BCUT2D eigenvalue weighted by molar-refractivity contribution is -0.136. The molecule has 0 saturated heterocycles. The van der Waals surface area contributed by atoms with Crippen molar-refractivity contribution < 1.29 is 24.2 Å². The third kappa shape index (κ3) is 6.32. The first-order chi connectivity index (χ1) is 19.3. The number of halogens is 2. The number of carbonyl (C=O) groups is 3. The number of carboxylic acids is 1. The summed E-state index contributed by atoms with van der Waals surface area (Å²) in [6.07, 6.45) is 4.15. The van der Waals surface area contributed by atoms with E-state index in [-0.39, 0.29) is 47.9 Å². The maximum absolute atomic E-state index is 13.8. The Balaban J connectivity index is 1.31. The Hall–Kier alpha value is -3.82. The second-order valence-electron chi connectivity index (χ2n) is 9.70. The third-order valence-corrected chi connectivity index (χ3v) is 7.52. The lowest BCUT2D eigenvalue weighted by atomic mass is 10.1. The minimum atomic E-state index is -0.982. The van der Waals surface area contributed by atoms with Crippen molar-refractivity contribution >= 4 is 52.4 Å². The van der Waals surface area contributed by atoms with Crippen LogP contribution in [0.25, 0.3) is 0 Å². The number of hydrogen-bond acceptors (Lipinski definition) is 6. The monoisotopic (exact) mass is 582 g/mol. The molecule has 40 heavy (non-hydrogen) atoms. The molecule has 9 nitrogen and oxygen atoms in total. The lowest BCUT2D eigenvalue weighted by Crippen LogP contribution is -2.45. The minimum absolute atomic E-state index is 0.0579. The standard InChI is InChI=1S/C29H28Cl2N4O5/c30-21-17-25(22(31)16-18(21)7-10-26(36)32-13-11-27(37)38)40-28-20(4-3-12-33-28)29(39)35-15-14-34(19-8-9-19)23-5-1-2-6-24(23)35/h1-6,12,16-17,19H,7-11,13-15H2,(H,32,36)(H,37,38). The number of aryl methyl sites for hydroxylation is 1. The zero-order valence-corrected chi connectivity index (χ0v) is 23.1. The molecule has 0 bridgehead atoms. The van der Waals surface area contributed by atoms with E-state index in [0.29, 0.717) is 35.2 Å². The van der Waals surface area contributed by atoms with E-state index in [0.717, 1.165) is 17.9 Å². The predicted octanol–water partition coefficient (Wildman–Crippen LogP) is 5.33. The summed E-state index contributed by atoms with van der Waals surface area (Å²) in [6.45, 7) is 1.36. The molecular formula is C29H28Cl2N4O5. The predicted molar refractivity (Wildman–Crippen MR) is 153 cm³/mol. The van der Waals surface area contributed by atoms with Crippen molar-refractivity contribution in [1.82, 2.24) is 10.3 Å². The van der Waals surface area contributed by atoms with Crippen LogP contribution in [-0.2, 0) is 16.0 Å². The summed E-state index contributed by atoms with van der Waals surface area (Å²) in [5.74, 6) is -1.15. The topological polar surface area (TPSA) is 112 Å². The number of hydrogen-bond donors (Lipinski definition) is 2. The van der Waals surface area contributed by atoms with Crippen molar-refractivity contribution in [1.29, 1.82) is 0 Å². The average Bonchev–Trinajstić information content (AvgIpc) is 3.79. The van der Waals surface area contributed by atoms with E-state index in [2.05, 4.69) is 21.3 Å². The van der Waals surface area contributed by atoms with E-state index in [1.807, 2.05) is 18.2 Å². The smallest absolute Gasteiger partial charge is 0.305 e. The van der Waals surface area contributed by atoms with Gasteiger partial charge in [-0.05, 0) is 55.2 Å². The molecule has 1 fully saturated rings. The van der Waals surface area contributed by atoms with Gasteiger partial charge in [-0.25, -0.2) is 4.98 Å². The number of amides is 2. The van der Waals surface area contributed by atoms with Crippen molar-refractivity contribution in [2.24, 2.45) is 0 Å². The number of pyridine rings is 1. The minimum Gasteiger partial charge on any atom is -0.481 e. The number of nitrogens with zero attached hydrogens (tertiary/aromatic N) is 3. The number of carbonyl (C=O) groups excluding carboxylic acids is 2. The molecule has 2 amide bonds. The largest absolute Gasteiger partial charge is 0.481 e. The fourth-order valence-corrected chi connectivity index (χ4v) is 5.20. The zero-order valence-electron chi connectivity index (χ0n) is 21.6. The molecule has 3 aromatic rings. The Morgan fingerprint density at radius 1 is 1.00 bits per heavy atom. The van der Waals surface area contributed by atoms with Gasteiger partial charge in [-0.3, -0.25) is 14.4 Å². The summed E-state index contributed by atoms with van der Waals surface area (Å²) < 4.78 is 6.03. The van der Waals surface area contributed by atoms with Crippen LogP contribution in [0.3, 0.4) is 0 Å². The summed E-state index contributed by atoms with van der Waals surface area (Å²) >= 11 is 13.0. The summed E-state index contributed by atoms with van der Waals surface area (Å²) in [5.41, 5.74) is 2.84. The van der Waals surface area contributed by atoms with Gasteiger partial charge in [0.15, 0.2) is 0 Å². The molecule has 0 unspecified atom stereocenters. The fourth-order valence-electron chi connectivity index (χ4n) is 4.73. The van der Waals surface area contributed by atoms with Gasteiger partial charge in [0, 0.05) is 49.4 Å². The number of aliphatic carboxylic acids is 1. The summed E-state index contributed by atoms with van der Waals surface area (Å²) in [5, 5.41) is 11.8. The molecule has 2 aliphatic rings. The Morgan fingerprint density at radius 3 is 2.52 bits per heavy atom. The van der Waals surface area contributed by atoms with Crippen molar-refractivity contribution in [2.75, 3.05) is 29.4 Å². The van der Waals surface area contributed by atoms with Gasteiger partial charge < -0.3 is 25.0 Å². The summed E-state index contributed by atoms with van der Waals surface area (Å²) in [4.78, 5) is 44.9. The Kier molecular flexibility index (Phi) is 8.42.